The van der Waals surface area contributed by atoms with Gasteiger partial charge in [0.25, 0.3) is 5.91 Å². The predicted molar refractivity (Wildman–Crippen MR) is 107 cm³/mol. The lowest BCUT2D eigenvalue weighted by molar-refractivity contribution is -0.117. The fourth-order valence-corrected chi connectivity index (χ4v) is 4.55. The van der Waals surface area contributed by atoms with Gasteiger partial charge in [-0.05, 0) is 37.9 Å². The highest BCUT2D eigenvalue weighted by molar-refractivity contribution is 8.04. The molecule has 2 aromatic rings. The number of aromatic nitrogens is 2. The summed E-state index contributed by atoms with van der Waals surface area (Å²) in [6.07, 6.45) is 9.20. The third-order valence-corrected chi connectivity index (χ3v) is 6.02. The van der Waals surface area contributed by atoms with Gasteiger partial charge in [-0.25, -0.2) is 4.98 Å². The van der Waals surface area contributed by atoms with Gasteiger partial charge in [-0.2, -0.15) is 0 Å². The molecule has 4 rings (SSSR count). The Hall–Kier alpha value is -1.99. The van der Waals surface area contributed by atoms with Gasteiger partial charge in [-0.3, -0.25) is 4.79 Å². The number of hydrogen-bond donors (Lipinski definition) is 3. The average Bonchev–Trinajstić information content (AvgIpc) is 2.88. The van der Waals surface area contributed by atoms with E-state index in [1.807, 2.05) is 24.7 Å². The highest BCUT2D eigenvalue weighted by Crippen LogP contribution is 2.32. The first-order valence-corrected chi connectivity index (χ1v) is 10.3. The van der Waals surface area contributed by atoms with E-state index >= 15 is 0 Å². The molecule has 0 unspecified atom stereocenters. The summed E-state index contributed by atoms with van der Waals surface area (Å²) in [6.45, 7) is 4.88. The molecule has 1 amide bonds. The fraction of sp³-hybridized carbons (Fsp3) is 0.474. The summed E-state index contributed by atoms with van der Waals surface area (Å²) < 4.78 is 0. The number of anilines is 1. The van der Waals surface area contributed by atoms with Crippen molar-refractivity contribution in [3.05, 3.63) is 35.1 Å². The van der Waals surface area contributed by atoms with Gasteiger partial charge in [0.2, 0.25) is 0 Å². The van der Waals surface area contributed by atoms with Gasteiger partial charge in [-0.15, -0.1) is 11.8 Å². The van der Waals surface area contributed by atoms with Crippen molar-refractivity contribution in [2.45, 2.75) is 32.2 Å². The lowest BCUT2D eigenvalue weighted by atomic mass is 10.1. The molecule has 2 aliphatic rings. The van der Waals surface area contributed by atoms with Crippen molar-refractivity contribution in [3.63, 3.8) is 0 Å². The van der Waals surface area contributed by atoms with E-state index in [2.05, 4.69) is 32.4 Å². The Morgan fingerprint density at radius 3 is 3.27 bits per heavy atom. The number of pyridine rings is 1. The summed E-state index contributed by atoms with van der Waals surface area (Å²) in [5.41, 5.74) is 3.17. The number of hydrogen-bond acceptors (Lipinski definition) is 5. The van der Waals surface area contributed by atoms with Crippen LogP contribution >= 0.6 is 11.8 Å². The smallest absolute Gasteiger partial charge is 0.259 e. The molecule has 6 nitrogen and oxygen atoms in total. The third-order valence-electron chi connectivity index (χ3n) is 5.03. The van der Waals surface area contributed by atoms with Crippen LogP contribution in [-0.4, -0.2) is 47.3 Å². The maximum absolute atomic E-state index is 12.8. The number of rotatable bonds is 3. The first-order chi connectivity index (χ1) is 12.7. The zero-order valence-corrected chi connectivity index (χ0v) is 15.9. The molecule has 1 atom stereocenters. The van der Waals surface area contributed by atoms with Crippen LogP contribution in [0.1, 0.15) is 24.8 Å². The maximum atomic E-state index is 12.8. The summed E-state index contributed by atoms with van der Waals surface area (Å²) in [5, 5.41) is 7.74. The number of amides is 1. The number of aryl methyl sites for hydroxylation is 1. The van der Waals surface area contributed by atoms with Crippen LogP contribution in [0, 0.1) is 6.92 Å². The molecular weight excluding hydrogens is 346 g/mol. The first kappa shape index (κ1) is 17.4. The van der Waals surface area contributed by atoms with Crippen LogP contribution in [0.3, 0.4) is 0 Å². The number of nitrogens with zero attached hydrogens (tertiary/aromatic N) is 2. The second kappa shape index (κ2) is 7.72. The molecule has 0 aliphatic carbocycles. The lowest BCUT2D eigenvalue weighted by Crippen LogP contribution is -2.42. The number of nitrogens with one attached hydrogen (secondary N) is 3. The SMILES string of the molecule is Cc1c[nH]c2nccc(N3C=C(C(=O)N[C@@H]4CCCCNC4)SCC3)c12. The lowest BCUT2D eigenvalue weighted by Gasteiger charge is -2.27. The molecule has 2 aromatic heterocycles. The van der Waals surface area contributed by atoms with Crippen molar-refractivity contribution in [1.82, 2.24) is 20.6 Å². The van der Waals surface area contributed by atoms with E-state index in [0.29, 0.717) is 0 Å². The maximum Gasteiger partial charge on any atom is 0.259 e. The van der Waals surface area contributed by atoms with Crippen LogP contribution in [0.2, 0.25) is 0 Å². The van der Waals surface area contributed by atoms with Gasteiger partial charge in [0.05, 0.1) is 10.6 Å². The fourth-order valence-electron chi connectivity index (χ4n) is 3.65. The monoisotopic (exact) mass is 371 g/mol. The molecule has 26 heavy (non-hydrogen) atoms. The minimum atomic E-state index is 0.0458. The van der Waals surface area contributed by atoms with Gasteiger partial charge in [0.1, 0.15) is 5.65 Å². The number of thioether (sulfide) groups is 1. The molecular formula is C19H25N5OS. The van der Waals surface area contributed by atoms with Crippen molar-refractivity contribution in [3.8, 4) is 0 Å². The van der Waals surface area contributed by atoms with Gasteiger partial charge < -0.3 is 20.5 Å². The quantitative estimate of drug-likeness (QED) is 0.773. The molecule has 0 aromatic carbocycles. The Balaban J connectivity index is 1.55. The van der Waals surface area contributed by atoms with E-state index in [4.69, 9.17) is 0 Å². The molecule has 0 saturated carbocycles. The highest BCUT2D eigenvalue weighted by atomic mass is 32.2. The largest absolute Gasteiger partial charge is 0.348 e. The van der Waals surface area contributed by atoms with Crippen molar-refractivity contribution in [2.75, 3.05) is 30.3 Å². The van der Waals surface area contributed by atoms with Crippen LogP contribution in [0.5, 0.6) is 0 Å². The molecule has 2 aliphatic heterocycles. The normalized spacial score (nSPS) is 21.3. The van der Waals surface area contributed by atoms with Crippen molar-refractivity contribution in [1.29, 1.82) is 0 Å². The average molecular weight is 372 g/mol. The van der Waals surface area contributed by atoms with E-state index in [1.54, 1.807) is 11.8 Å². The van der Waals surface area contributed by atoms with Crippen LogP contribution in [0.25, 0.3) is 11.0 Å². The summed E-state index contributed by atoms with van der Waals surface area (Å²) in [6, 6.07) is 2.25. The molecule has 0 radical (unpaired) electrons. The minimum absolute atomic E-state index is 0.0458. The van der Waals surface area contributed by atoms with Crippen molar-refractivity contribution < 1.29 is 4.79 Å². The zero-order valence-electron chi connectivity index (χ0n) is 15.0. The Labute approximate surface area is 157 Å². The van der Waals surface area contributed by atoms with Crippen LogP contribution in [0.4, 0.5) is 5.69 Å². The molecule has 4 heterocycles. The topological polar surface area (TPSA) is 73.0 Å². The Kier molecular flexibility index (Phi) is 5.17. The number of aromatic amines is 1. The molecule has 3 N–H and O–H groups in total. The van der Waals surface area contributed by atoms with E-state index in [0.717, 1.165) is 59.9 Å². The second-order valence-corrected chi connectivity index (χ2v) is 8.07. The van der Waals surface area contributed by atoms with E-state index in [-0.39, 0.29) is 11.9 Å². The van der Waals surface area contributed by atoms with Crippen molar-refractivity contribution >= 4 is 34.4 Å². The minimum Gasteiger partial charge on any atom is -0.348 e. The predicted octanol–water partition coefficient (Wildman–Crippen LogP) is 2.52. The van der Waals surface area contributed by atoms with Gasteiger partial charge in [-0.1, -0.05) is 6.42 Å². The Morgan fingerprint density at radius 2 is 2.35 bits per heavy atom. The van der Waals surface area contributed by atoms with Crippen LogP contribution < -0.4 is 15.5 Å². The summed E-state index contributed by atoms with van der Waals surface area (Å²) in [5.74, 6) is 0.944. The van der Waals surface area contributed by atoms with Crippen LogP contribution in [0.15, 0.2) is 29.6 Å². The molecule has 138 valence electrons. The summed E-state index contributed by atoms with van der Waals surface area (Å²) in [4.78, 5) is 23.4. The van der Waals surface area contributed by atoms with Gasteiger partial charge in [0, 0.05) is 48.9 Å². The molecule has 0 spiro atoms. The van der Waals surface area contributed by atoms with E-state index < -0.39 is 0 Å². The summed E-state index contributed by atoms with van der Waals surface area (Å²) >= 11 is 1.64. The standard InChI is InChI=1S/C19H25N5OS/c1-13-10-22-18-17(13)15(5-7-21-18)24-8-9-26-16(12-24)19(25)23-14-4-2-3-6-20-11-14/h5,7,10,12,14,20H,2-4,6,8-9,11H2,1H3,(H,21,22)(H,23,25)/t14-/m1/s1. The van der Waals surface area contributed by atoms with Gasteiger partial charge >= 0.3 is 0 Å². The Morgan fingerprint density at radius 1 is 1.42 bits per heavy atom. The van der Waals surface area contributed by atoms with E-state index in [9.17, 15) is 4.79 Å². The van der Waals surface area contributed by atoms with Crippen LogP contribution in [-0.2, 0) is 4.79 Å². The second-order valence-electron chi connectivity index (χ2n) is 6.93. The van der Waals surface area contributed by atoms with E-state index in [1.165, 1.54) is 12.0 Å². The number of fused-ring (bicyclic) bond motifs is 1. The highest BCUT2D eigenvalue weighted by Gasteiger charge is 2.22. The third kappa shape index (κ3) is 3.59. The van der Waals surface area contributed by atoms with Gasteiger partial charge in [0.15, 0.2) is 0 Å². The number of H-pyrrole nitrogens is 1. The number of carbonyl (C=O) groups excluding carboxylic acids is 1. The summed E-state index contributed by atoms with van der Waals surface area (Å²) in [7, 11) is 0. The molecule has 1 saturated heterocycles. The first-order valence-electron chi connectivity index (χ1n) is 9.28. The zero-order chi connectivity index (χ0) is 17.9. The molecule has 0 bridgehead atoms. The molecule has 7 heteroatoms. The Bertz CT molecular complexity index is 822. The number of carbonyl (C=O) groups is 1. The van der Waals surface area contributed by atoms with Crippen molar-refractivity contribution in [2.24, 2.45) is 0 Å². The molecule has 1 fully saturated rings.